The van der Waals surface area contributed by atoms with E-state index in [4.69, 9.17) is 4.74 Å². The molecular weight excluding hydrogens is 171 g/mol. The fourth-order valence-electron chi connectivity index (χ4n) is 0.724. The lowest BCUT2D eigenvalue weighted by Gasteiger charge is -2.02. The lowest BCUT2D eigenvalue weighted by Crippen LogP contribution is -2.08. The zero-order chi connectivity index (χ0) is 8.97. The van der Waals surface area contributed by atoms with E-state index in [1.165, 1.54) is 0 Å². The van der Waals surface area contributed by atoms with Gasteiger partial charge >= 0.3 is 5.97 Å². The largest absolute Gasteiger partial charge is 0.423 e. The van der Waals surface area contributed by atoms with E-state index in [1.54, 1.807) is 12.1 Å². The highest BCUT2D eigenvalue weighted by molar-refractivity contribution is 7.27. The summed E-state index contributed by atoms with van der Waals surface area (Å²) in [7, 11) is 2.49. The molecule has 0 aliphatic heterocycles. The second-order valence-corrected chi connectivity index (χ2v) is 2.79. The maximum atomic E-state index is 10.8. The number of esters is 1. The average Bonchev–Trinajstić information content (AvgIpc) is 2.09. The van der Waals surface area contributed by atoms with Gasteiger partial charge in [-0.3, -0.25) is 0 Å². The van der Waals surface area contributed by atoms with Gasteiger partial charge < -0.3 is 4.74 Å². The molecule has 1 aromatic carbocycles. The number of hydrogen-bond donors (Lipinski definition) is 0. The first-order chi connectivity index (χ1) is 5.74. The second kappa shape index (κ2) is 4.03. The summed E-state index contributed by atoms with van der Waals surface area (Å²) in [5.41, 5.74) is 0. The van der Waals surface area contributed by atoms with Crippen molar-refractivity contribution in [2.45, 2.75) is 0 Å². The van der Waals surface area contributed by atoms with Crippen LogP contribution in [0.4, 0.5) is 0 Å². The molecule has 0 bridgehead atoms. The Balaban J connectivity index is 2.82. The SMILES string of the molecule is C=CC(=O)Oc1ccccc1P. The molecule has 1 aromatic rings. The molecule has 0 spiro atoms. The molecule has 0 saturated heterocycles. The lowest BCUT2D eigenvalue weighted by molar-refractivity contribution is -0.128. The fraction of sp³-hybridized carbons (Fsp3) is 0. The number of rotatable bonds is 2. The Kier molecular flexibility index (Phi) is 3.01. The van der Waals surface area contributed by atoms with E-state index in [9.17, 15) is 4.79 Å². The molecule has 0 heterocycles. The third kappa shape index (κ3) is 2.18. The normalized spacial score (nSPS) is 9.08. The van der Waals surface area contributed by atoms with Gasteiger partial charge in [-0.05, 0) is 6.07 Å². The molecule has 0 aliphatic carbocycles. The maximum Gasteiger partial charge on any atom is 0.335 e. The summed E-state index contributed by atoms with van der Waals surface area (Å²) in [6, 6.07) is 7.24. The topological polar surface area (TPSA) is 26.3 Å². The molecule has 0 radical (unpaired) electrons. The summed E-state index contributed by atoms with van der Waals surface area (Å²) in [4.78, 5) is 10.8. The van der Waals surface area contributed by atoms with Crippen molar-refractivity contribution >= 4 is 20.5 Å². The van der Waals surface area contributed by atoms with Crippen molar-refractivity contribution < 1.29 is 9.53 Å². The standard InChI is InChI=1S/C9H9O2P/c1-2-9(10)11-7-5-3-4-6-8(7)12/h2-6H,1,12H2. The van der Waals surface area contributed by atoms with Crippen LogP contribution in [-0.4, -0.2) is 5.97 Å². The van der Waals surface area contributed by atoms with Crippen LogP contribution in [0, 0.1) is 0 Å². The van der Waals surface area contributed by atoms with E-state index in [1.807, 2.05) is 12.1 Å². The Bertz CT molecular complexity index is 307. The van der Waals surface area contributed by atoms with Gasteiger partial charge in [0, 0.05) is 11.4 Å². The predicted octanol–water partition coefficient (Wildman–Crippen LogP) is 1.28. The Morgan fingerprint density at radius 2 is 2.17 bits per heavy atom. The highest BCUT2D eigenvalue weighted by atomic mass is 31.0. The number of hydrogen-bond acceptors (Lipinski definition) is 2. The van der Waals surface area contributed by atoms with Gasteiger partial charge in [-0.25, -0.2) is 4.79 Å². The lowest BCUT2D eigenvalue weighted by atomic mass is 10.3. The highest BCUT2D eigenvalue weighted by Crippen LogP contribution is 2.09. The molecular formula is C9H9O2P. The van der Waals surface area contributed by atoms with Crippen LogP contribution in [-0.2, 0) is 4.79 Å². The van der Waals surface area contributed by atoms with Crippen molar-refractivity contribution in [3.8, 4) is 5.75 Å². The van der Waals surface area contributed by atoms with E-state index in [0.29, 0.717) is 5.75 Å². The van der Waals surface area contributed by atoms with E-state index in [2.05, 4.69) is 15.8 Å². The van der Waals surface area contributed by atoms with Gasteiger partial charge in [0.25, 0.3) is 0 Å². The van der Waals surface area contributed by atoms with Gasteiger partial charge in [-0.15, -0.1) is 9.24 Å². The molecule has 1 unspecified atom stereocenters. The van der Waals surface area contributed by atoms with E-state index < -0.39 is 5.97 Å². The van der Waals surface area contributed by atoms with E-state index in [0.717, 1.165) is 11.4 Å². The molecule has 0 fully saturated rings. The van der Waals surface area contributed by atoms with Crippen molar-refractivity contribution in [3.05, 3.63) is 36.9 Å². The van der Waals surface area contributed by atoms with Crippen LogP contribution in [0.15, 0.2) is 36.9 Å². The smallest absolute Gasteiger partial charge is 0.335 e. The van der Waals surface area contributed by atoms with Crippen molar-refractivity contribution in [1.29, 1.82) is 0 Å². The van der Waals surface area contributed by atoms with Crippen molar-refractivity contribution in [2.75, 3.05) is 0 Å². The van der Waals surface area contributed by atoms with Crippen LogP contribution in [0.25, 0.3) is 0 Å². The number of para-hydroxylation sites is 1. The van der Waals surface area contributed by atoms with Crippen LogP contribution in [0.5, 0.6) is 5.75 Å². The number of benzene rings is 1. The Hall–Kier alpha value is -1.14. The minimum Gasteiger partial charge on any atom is -0.423 e. The number of carbonyl (C=O) groups is 1. The molecule has 3 heteroatoms. The molecule has 0 aliphatic rings. The maximum absolute atomic E-state index is 10.8. The van der Waals surface area contributed by atoms with Crippen molar-refractivity contribution in [3.63, 3.8) is 0 Å². The Labute approximate surface area is 73.4 Å². The summed E-state index contributed by atoms with van der Waals surface area (Å²) in [5, 5.41) is 0.854. The summed E-state index contributed by atoms with van der Waals surface area (Å²) in [6.45, 7) is 3.31. The second-order valence-electron chi connectivity index (χ2n) is 2.16. The average molecular weight is 180 g/mol. The first-order valence-electron chi connectivity index (χ1n) is 3.43. The van der Waals surface area contributed by atoms with Crippen LogP contribution in [0.2, 0.25) is 0 Å². The van der Waals surface area contributed by atoms with Crippen molar-refractivity contribution in [1.82, 2.24) is 0 Å². The highest BCUT2D eigenvalue weighted by Gasteiger charge is 2.00. The first-order valence-corrected chi connectivity index (χ1v) is 4.00. The van der Waals surface area contributed by atoms with Crippen LogP contribution < -0.4 is 10.0 Å². The van der Waals surface area contributed by atoms with Gasteiger partial charge in [0.1, 0.15) is 5.75 Å². The number of carbonyl (C=O) groups excluding carboxylic acids is 1. The van der Waals surface area contributed by atoms with Gasteiger partial charge in [-0.2, -0.15) is 0 Å². The third-order valence-corrected chi connectivity index (χ3v) is 1.77. The summed E-state index contributed by atoms with van der Waals surface area (Å²) < 4.78 is 4.92. The zero-order valence-corrected chi connectivity index (χ0v) is 7.64. The first kappa shape index (κ1) is 8.95. The van der Waals surface area contributed by atoms with Crippen LogP contribution >= 0.6 is 9.24 Å². The molecule has 1 rings (SSSR count). The van der Waals surface area contributed by atoms with Crippen molar-refractivity contribution in [2.24, 2.45) is 0 Å². The van der Waals surface area contributed by atoms with Gasteiger partial charge in [0.15, 0.2) is 0 Å². The summed E-state index contributed by atoms with van der Waals surface area (Å²) >= 11 is 0. The van der Waals surface area contributed by atoms with Gasteiger partial charge in [0.2, 0.25) is 0 Å². The Morgan fingerprint density at radius 3 is 2.75 bits per heavy atom. The Morgan fingerprint density at radius 1 is 1.50 bits per heavy atom. The minimum atomic E-state index is -0.440. The van der Waals surface area contributed by atoms with E-state index in [-0.39, 0.29) is 0 Å². The van der Waals surface area contributed by atoms with Gasteiger partial charge in [0.05, 0.1) is 0 Å². The van der Waals surface area contributed by atoms with Crippen LogP contribution in [0.1, 0.15) is 0 Å². The molecule has 0 N–H and O–H groups in total. The fourth-order valence-corrected chi connectivity index (χ4v) is 0.990. The molecule has 0 amide bonds. The van der Waals surface area contributed by atoms with E-state index >= 15 is 0 Å². The molecule has 0 aromatic heterocycles. The van der Waals surface area contributed by atoms with Crippen LogP contribution in [0.3, 0.4) is 0 Å². The monoisotopic (exact) mass is 180 g/mol. The zero-order valence-electron chi connectivity index (χ0n) is 6.49. The summed E-state index contributed by atoms with van der Waals surface area (Å²) in [5.74, 6) is 0.109. The quantitative estimate of drug-likeness (QED) is 0.296. The van der Waals surface area contributed by atoms with Gasteiger partial charge in [-0.1, -0.05) is 24.8 Å². The number of ether oxygens (including phenoxy) is 1. The molecule has 0 saturated carbocycles. The molecule has 1 atom stereocenters. The minimum absolute atomic E-state index is 0.440. The molecule has 12 heavy (non-hydrogen) atoms. The molecule has 2 nitrogen and oxygen atoms in total. The molecule has 62 valence electrons. The predicted molar refractivity (Wildman–Crippen MR) is 51.6 cm³/mol. The summed E-state index contributed by atoms with van der Waals surface area (Å²) in [6.07, 6.45) is 1.14. The third-order valence-electron chi connectivity index (χ3n) is 1.30.